The van der Waals surface area contributed by atoms with Crippen molar-refractivity contribution < 1.29 is 8.83 Å². The zero-order chi connectivity index (χ0) is 84.7. The Bertz CT molecular complexity index is 9300. The highest BCUT2D eigenvalue weighted by atomic mass is 32.1. The standard InChI is InChI=1S/C26H18N2.2C23H15NO.2C23H15NS/c1-3-11-19(12-4-1)27-23-17-9-7-15-21(23)25-22-16-8-10-18-24(22)28(26(25)27)20-13-5-2-6-14-20;1-24-18-12-6-4-10-16(18)20-21-17-11-5-7-13-19(17)25-23(21)15-9-3-2-8-14(15)22(20)24;1-24-18-12-6-4-10-16(18)20-14-8-2-3-9-15(14)21-17-11-5-7-13-19(17)25-23(21)22(20)24;1-24-18-12-6-4-10-16(18)20-21-17-11-5-7-13-19(17)25-23(21)15-9-3-2-8-14(15)22(20)24;1-24-18-12-6-4-10-16(18)20-14-8-2-3-9-15(14)21-17-11-5-7-13-19(17)25-23(21)22(20)24/h1-18H;4*2-13H,1H3. The van der Waals surface area contributed by atoms with Crippen LogP contribution in [0.15, 0.2) is 409 Å². The summed E-state index contributed by atoms with van der Waals surface area (Å²) in [4.78, 5) is 0. The van der Waals surface area contributed by atoms with Gasteiger partial charge in [-0.3, -0.25) is 9.13 Å². The van der Waals surface area contributed by atoms with E-state index in [-0.39, 0.29) is 0 Å². The van der Waals surface area contributed by atoms with E-state index in [1.54, 1.807) is 0 Å². The monoisotopic (exact) mass is 1670 g/mol. The van der Waals surface area contributed by atoms with Crippen molar-refractivity contribution in [3.8, 4) is 11.4 Å². The molecule has 30 rings (SSSR count). The van der Waals surface area contributed by atoms with Gasteiger partial charge in [0.25, 0.3) is 0 Å². The molecule has 0 aliphatic rings. The van der Waals surface area contributed by atoms with Crippen LogP contribution in [0.25, 0.3) is 259 Å². The van der Waals surface area contributed by atoms with E-state index >= 15 is 0 Å². The molecule has 0 amide bonds. The number of benzene rings is 20. The fourth-order valence-electron chi connectivity index (χ4n) is 21.7. The van der Waals surface area contributed by atoms with Crippen LogP contribution in [0.4, 0.5) is 0 Å². The number of furan rings is 2. The van der Waals surface area contributed by atoms with Crippen LogP contribution in [0, 0.1) is 0 Å². The van der Waals surface area contributed by atoms with Gasteiger partial charge in [0.2, 0.25) is 0 Å². The number of aromatic nitrogens is 6. The van der Waals surface area contributed by atoms with Crippen LogP contribution in [0.2, 0.25) is 0 Å². The molecule has 10 aromatic heterocycles. The molecule has 20 aromatic carbocycles. The summed E-state index contributed by atoms with van der Waals surface area (Å²) in [6, 6.07) is 143. The molecule has 8 nitrogen and oxygen atoms in total. The average molecular weight is 1680 g/mol. The molecule has 0 unspecified atom stereocenters. The van der Waals surface area contributed by atoms with Gasteiger partial charge in [0.1, 0.15) is 22.4 Å². The van der Waals surface area contributed by atoms with Gasteiger partial charge in [0.15, 0.2) is 5.58 Å². The topological polar surface area (TPSA) is 55.9 Å². The van der Waals surface area contributed by atoms with Crippen LogP contribution in [0.3, 0.4) is 0 Å². The lowest BCUT2D eigenvalue weighted by Gasteiger charge is -2.12. The van der Waals surface area contributed by atoms with Gasteiger partial charge in [0.05, 0.1) is 37.8 Å². The SMILES string of the molecule is Cn1c2ccccc2c2c3c4ccccc4oc3c3ccccc3c21.Cn1c2ccccc2c2c3c4ccccc4sc3c3ccccc3c21.Cn1c2ccccc2c2c3ccccc3c3c4ccccc4oc3c21.Cn1c2ccccc2c2c3ccccc3c3c4ccccc4sc3c21.c1ccc(-n2c3ccccc3c3c4ccccc4n(-c4ccccc4)c32)cc1. The number of hydrogen-bond donors (Lipinski definition) is 0. The minimum absolute atomic E-state index is 0.945. The first kappa shape index (κ1) is 73.5. The third kappa shape index (κ3) is 10.7. The van der Waals surface area contributed by atoms with Crippen LogP contribution >= 0.6 is 22.7 Å². The molecular weight excluding hydrogens is 1600 g/mol. The van der Waals surface area contributed by atoms with Gasteiger partial charge in [-0.25, -0.2) is 0 Å². The fourth-order valence-corrected chi connectivity index (χ4v) is 24.3. The molecule has 0 aliphatic carbocycles. The maximum Gasteiger partial charge on any atom is 0.160 e. The van der Waals surface area contributed by atoms with E-state index in [0.717, 1.165) is 22.3 Å². The number of aryl methyl sites for hydroxylation is 4. The highest BCUT2D eigenvalue weighted by Crippen LogP contribution is 2.52. The summed E-state index contributed by atoms with van der Waals surface area (Å²) in [5.74, 6) is 0. The molecule has 10 heterocycles. The van der Waals surface area contributed by atoms with Crippen LogP contribution in [-0.2, 0) is 28.2 Å². The largest absolute Gasteiger partial charge is 0.455 e. The van der Waals surface area contributed by atoms with Gasteiger partial charge in [-0.05, 0) is 106 Å². The van der Waals surface area contributed by atoms with Gasteiger partial charge in [-0.1, -0.05) is 315 Å². The Morgan fingerprint density at radius 2 is 0.477 bits per heavy atom. The molecule has 0 bridgehead atoms. The second kappa shape index (κ2) is 28.8. The van der Waals surface area contributed by atoms with Gasteiger partial charge >= 0.3 is 0 Å². The van der Waals surface area contributed by atoms with Crippen LogP contribution < -0.4 is 0 Å². The van der Waals surface area contributed by atoms with Crippen LogP contribution in [-0.4, -0.2) is 27.4 Å². The Morgan fingerprint density at radius 1 is 0.180 bits per heavy atom. The lowest BCUT2D eigenvalue weighted by atomic mass is 9.99. The number of fused-ring (bicyclic) bond motifs is 45. The second-order valence-corrected chi connectivity index (χ2v) is 35.8. The number of hydrogen-bond acceptors (Lipinski definition) is 4. The minimum atomic E-state index is 0.945. The van der Waals surface area contributed by atoms with Gasteiger partial charge in [-0.2, -0.15) is 0 Å². The molecule has 0 saturated heterocycles. The van der Waals surface area contributed by atoms with E-state index in [1.165, 1.54) is 236 Å². The Hall–Kier alpha value is -16.0. The first-order chi connectivity index (χ1) is 63.3. The normalized spacial score (nSPS) is 12.1. The Kier molecular flexibility index (Phi) is 16.5. The van der Waals surface area contributed by atoms with Crippen molar-refractivity contribution in [1.82, 2.24) is 27.4 Å². The zero-order valence-corrected chi connectivity index (χ0v) is 72.1. The smallest absolute Gasteiger partial charge is 0.160 e. The average Bonchev–Trinajstić information content (AvgIpc) is 1.62. The highest BCUT2D eigenvalue weighted by molar-refractivity contribution is 7.27. The third-order valence-electron chi connectivity index (χ3n) is 27.0. The van der Waals surface area contributed by atoms with Gasteiger partial charge in [0, 0.05) is 200 Å². The lowest BCUT2D eigenvalue weighted by Crippen LogP contribution is -2.01. The molecule has 604 valence electrons. The molecule has 0 saturated carbocycles. The van der Waals surface area contributed by atoms with Crippen LogP contribution in [0.5, 0.6) is 0 Å². The van der Waals surface area contributed by atoms with E-state index in [9.17, 15) is 0 Å². The zero-order valence-electron chi connectivity index (χ0n) is 70.4. The third-order valence-corrected chi connectivity index (χ3v) is 29.4. The van der Waals surface area contributed by atoms with Gasteiger partial charge < -0.3 is 27.1 Å². The molecule has 0 aliphatic heterocycles. The molecule has 0 atom stereocenters. The molecule has 0 radical (unpaired) electrons. The summed E-state index contributed by atoms with van der Waals surface area (Å²) < 4.78 is 32.3. The van der Waals surface area contributed by atoms with Crippen molar-refractivity contribution >= 4 is 270 Å². The van der Waals surface area contributed by atoms with Crippen molar-refractivity contribution in [2.45, 2.75) is 0 Å². The van der Waals surface area contributed by atoms with E-state index in [0.29, 0.717) is 0 Å². The quantitative estimate of drug-likeness (QED) is 0.173. The molecule has 128 heavy (non-hydrogen) atoms. The Balaban J connectivity index is 0.0000000847. The van der Waals surface area contributed by atoms with Crippen molar-refractivity contribution in [3.05, 3.63) is 400 Å². The predicted octanol–water partition coefficient (Wildman–Crippen LogP) is 33.2. The molecule has 0 fully saturated rings. The minimum Gasteiger partial charge on any atom is -0.455 e. The number of nitrogens with zero attached hydrogens (tertiary/aromatic N) is 6. The van der Waals surface area contributed by atoms with E-state index in [4.69, 9.17) is 8.83 Å². The summed E-state index contributed by atoms with van der Waals surface area (Å²) in [7, 11) is 8.68. The number of para-hydroxylation sites is 10. The van der Waals surface area contributed by atoms with Crippen molar-refractivity contribution in [1.29, 1.82) is 0 Å². The Labute approximate surface area is 740 Å². The van der Waals surface area contributed by atoms with E-state index in [2.05, 4.69) is 444 Å². The first-order valence-electron chi connectivity index (χ1n) is 43.7. The molecule has 0 spiro atoms. The highest BCUT2D eigenvalue weighted by Gasteiger charge is 2.27. The van der Waals surface area contributed by atoms with Gasteiger partial charge in [-0.15, -0.1) is 22.7 Å². The maximum atomic E-state index is 6.36. The lowest BCUT2D eigenvalue weighted by molar-refractivity contribution is 0.670. The molecular formula is C118H78N6O2S2. The maximum absolute atomic E-state index is 6.36. The number of thiophene rings is 2. The van der Waals surface area contributed by atoms with Crippen molar-refractivity contribution in [2.24, 2.45) is 28.2 Å². The van der Waals surface area contributed by atoms with Crippen molar-refractivity contribution in [2.75, 3.05) is 0 Å². The summed E-state index contributed by atoms with van der Waals surface area (Å²) in [5.41, 5.74) is 20.1. The van der Waals surface area contributed by atoms with E-state index in [1.807, 2.05) is 34.8 Å². The summed E-state index contributed by atoms with van der Waals surface area (Å²) in [6.45, 7) is 0. The molecule has 30 aromatic rings. The summed E-state index contributed by atoms with van der Waals surface area (Å²) in [5, 5.41) is 35.2. The van der Waals surface area contributed by atoms with E-state index < -0.39 is 0 Å². The molecule has 0 N–H and O–H groups in total. The number of rotatable bonds is 2. The molecule has 10 heteroatoms. The summed E-state index contributed by atoms with van der Waals surface area (Å²) >= 11 is 3.83. The van der Waals surface area contributed by atoms with Crippen LogP contribution in [0.1, 0.15) is 0 Å². The predicted molar refractivity (Wildman–Crippen MR) is 550 cm³/mol. The van der Waals surface area contributed by atoms with Crippen molar-refractivity contribution in [3.63, 3.8) is 0 Å². The Morgan fingerprint density at radius 3 is 0.961 bits per heavy atom. The second-order valence-electron chi connectivity index (χ2n) is 33.7. The fraction of sp³-hybridized carbons (Fsp3) is 0.0339. The summed E-state index contributed by atoms with van der Waals surface area (Å²) in [6.07, 6.45) is 0. The first-order valence-corrected chi connectivity index (χ1v) is 45.3.